The number of allylic oxidation sites excluding steroid dienone is 1. The summed E-state index contributed by atoms with van der Waals surface area (Å²) in [6.45, 7) is 2.13. The lowest BCUT2D eigenvalue weighted by molar-refractivity contribution is -0.109. The smallest absolute Gasteiger partial charge is 0.212 e. The number of rotatable bonds is 4. The average Bonchev–Trinajstić information content (AvgIpc) is 2.30. The van der Waals surface area contributed by atoms with Crippen LogP contribution in [0.2, 0.25) is 0 Å². The van der Waals surface area contributed by atoms with E-state index in [1.807, 2.05) is 0 Å². The maximum Gasteiger partial charge on any atom is 0.212 e. The molecule has 0 unspecified atom stereocenters. The van der Waals surface area contributed by atoms with E-state index in [-0.39, 0.29) is 11.4 Å². The zero-order chi connectivity index (χ0) is 11.1. The quantitative estimate of drug-likeness (QED) is 0.365. The summed E-state index contributed by atoms with van der Waals surface area (Å²) in [5.74, 6) is 0.255. The second kappa shape index (κ2) is 5.78. The fourth-order valence-electron chi connectivity index (χ4n) is 1.32. The van der Waals surface area contributed by atoms with Crippen LogP contribution in [0.15, 0.2) is 11.4 Å². The van der Waals surface area contributed by atoms with E-state index in [2.05, 4.69) is 5.32 Å². The number of hydrogen-bond donors (Lipinski definition) is 1. The van der Waals surface area contributed by atoms with E-state index in [0.717, 1.165) is 0 Å². The van der Waals surface area contributed by atoms with Crippen LogP contribution in [0.5, 0.6) is 0 Å². The van der Waals surface area contributed by atoms with Gasteiger partial charge in [0.05, 0.1) is 13.2 Å². The largest absolute Gasteiger partial charge is 0.378 e. The van der Waals surface area contributed by atoms with Crippen molar-refractivity contribution in [1.29, 1.82) is 5.26 Å². The van der Waals surface area contributed by atoms with Crippen molar-refractivity contribution in [1.82, 2.24) is 10.2 Å². The maximum absolute atomic E-state index is 10.6. The summed E-state index contributed by atoms with van der Waals surface area (Å²) in [5.41, 5.74) is -0.0796. The van der Waals surface area contributed by atoms with E-state index in [4.69, 9.17) is 10.00 Å². The first-order chi connectivity index (χ1) is 7.33. The third-order valence-corrected chi connectivity index (χ3v) is 2.02. The topological polar surface area (TPSA) is 82.4 Å². The highest BCUT2D eigenvalue weighted by molar-refractivity contribution is 5.80. The second-order valence-electron chi connectivity index (χ2n) is 2.85. The molecule has 1 aliphatic rings. The number of nitrogens with zero attached hydrogens (tertiary/aromatic N) is 2. The SMILES string of the molecule is N#C/C(C=O)=C(\NC=O)N1CCOCC1. The Hall–Kier alpha value is -1.87. The molecular weight excluding hydrogens is 198 g/mol. The minimum absolute atomic E-state index is 0.0796. The molecule has 1 aliphatic heterocycles. The van der Waals surface area contributed by atoms with Crippen molar-refractivity contribution in [2.45, 2.75) is 0 Å². The molecule has 0 bridgehead atoms. The molecule has 0 aromatic rings. The second-order valence-corrected chi connectivity index (χ2v) is 2.85. The number of nitriles is 1. The standard InChI is InChI=1S/C9H11N3O3/c10-5-8(6-13)9(11-7-14)12-1-3-15-4-2-12/h6-7H,1-4H2,(H,11,14)/b9-8-. The van der Waals surface area contributed by atoms with Crippen LogP contribution in [-0.4, -0.2) is 43.9 Å². The lowest BCUT2D eigenvalue weighted by Crippen LogP contribution is -2.40. The van der Waals surface area contributed by atoms with Crippen LogP contribution in [-0.2, 0) is 14.3 Å². The molecule has 0 aromatic carbocycles. The van der Waals surface area contributed by atoms with Gasteiger partial charge in [-0.3, -0.25) is 9.59 Å². The Morgan fingerprint density at radius 2 is 2.07 bits per heavy atom. The average molecular weight is 209 g/mol. The summed E-state index contributed by atoms with van der Waals surface area (Å²) in [6, 6.07) is 1.74. The van der Waals surface area contributed by atoms with Crippen LogP contribution in [0.3, 0.4) is 0 Å². The van der Waals surface area contributed by atoms with Crippen molar-refractivity contribution in [3.63, 3.8) is 0 Å². The Bertz CT molecular complexity index is 313. The highest BCUT2D eigenvalue weighted by Crippen LogP contribution is 2.08. The first-order valence-corrected chi connectivity index (χ1v) is 4.46. The molecule has 0 atom stereocenters. The molecule has 1 heterocycles. The van der Waals surface area contributed by atoms with E-state index in [1.165, 1.54) is 0 Å². The molecule has 0 saturated carbocycles. The molecule has 0 aromatic heterocycles. The van der Waals surface area contributed by atoms with Gasteiger partial charge in [-0.25, -0.2) is 0 Å². The van der Waals surface area contributed by atoms with Gasteiger partial charge in [-0.2, -0.15) is 5.26 Å². The van der Waals surface area contributed by atoms with Crippen molar-refractivity contribution >= 4 is 12.7 Å². The first-order valence-electron chi connectivity index (χ1n) is 4.46. The Morgan fingerprint density at radius 1 is 1.40 bits per heavy atom. The van der Waals surface area contributed by atoms with Gasteiger partial charge in [-0.05, 0) is 0 Å². The van der Waals surface area contributed by atoms with Gasteiger partial charge in [-0.1, -0.05) is 0 Å². The van der Waals surface area contributed by atoms with E-state index in [0.29, 0.717) is 39.0 Å². The fourth-order valence-corrected chi connectivity index (χ4v) is 1.32. The Balaban J connectivity index is 2.89. The molecule has 0 spiro atoms. The zero-order valence-electron chi connectivity index (χ0n) is 8.10. The lowest BCUT2D eigenvalue weighted by atomic mass is 10.3. The van der Waals surface area contributed by atoms with Gasteiger partial charge in [0.1, 0.15) is 17.5 Å². The van der Waals surface area contributed by atoms with Crippen LogP contribution in [0.25, 0.3) is 0 Å². The number of ether oxygens (including phenoxy) is 1. The molecule has 6 heteroatoms. The van der Waals surface area contributed by atoms with Gasteiger partial charge in [0.25, 0.3) is 0 Å². The van der Waals surface area contributed by atoms with Gasteiger partial charge in [0.2, 0.25) is 6.41 Å². The fraction of sp³-hybridized carbons (Fsp3) is 0.444. The van der Waals surface area contributed by atoms with Crippen molar-refractivity contribution in [2.24, 2.45) is 0 Å². The highest BCUT2D eigenvalue weighted by Gasteiger charge is 2.17. The monoisotopic (exact) mass is 209 g/mol. The minimum Gasteiger partial charge on any atom is -0.378 e. The van der Waals surface area contributed by atoms with Gasteiger partial charge >= 0.3 is 0 Å². The summed E-state index contributed by atoms with van der Waals surface area (Å²) in [5, 5.41) is 11.1. The van der Waals surface area contributed by atoms with E-state index < -0.39 is 0 Å². The molecule has 15 heavy (non-hydrogen) atoms. The third kappa shape index (κ3) is 2.79. The van der Waals surface area contributed by atoms with Crippen LogP contribution in [0.4, 0.5) is 0 Å². The number of hydrogen-bond acceptors (Lipinski definition) is 5. The third-order valence-electron chi connectivity index (χ3n) is 2.02. The van der Waals surface area contributed by atoms with Crippen molar-refractivity contribution < 1.29 is 14.3 Å². The van der Waals surface area contributed by atoms with Crippen molar-refractivity contribution in [2.75, 3.05) is 26.3 Å². The van der Waals surface area contributed by atoms with Crippen LogP contribution >= 0.6 is 0 Å². The normalized spacial score (nSPS) is 17.4. The van der Waals surface area contributed by atoms with Crippen molar-refractivity contribution in [3.05, 3.63) is 11.4 Å². The summed E-state index contributed by atoms with van der Waals surface area (Å²) in [4.78, 5) is 22.7. The molecule has 1 fully saturated rings. The number of carbonyl (C=O) groups is 2. The predicted octanol–water partition coefficient (Wildman–Crippen LogP) is -1.00. The Morgan fingerprint density at radius 3 is 2.53 bits per heavy atom. The van der Waals surface area contributed by atoms with Crippen LogP contribution in [0, 0.1) is 11.3 Å². The number of morpholine rings is 1. The van der Waals surface area contributed by atoms with E-state index >= 15 is 0 Å². The van der Waals surface area contributed by atoms with Gasteiger partial charge < -0.3 is 15.0 Å². The Kier molecular flexibility index (Phi) is 4.31. The zero-order valence-corrected chi connectivity index (χ0v) is 8.10. The molecule has 1 rings (SSSR count). The molecule has 1 amide bonds. The number of amides is 1. The molecular formula is C9H11N3O3. The Labute approximate surface area is 87.1 Å². The maximum atomic E-state index is 10.6. The summed E-state index contributed by atoms with van der Waals surface area (Å²) in [6.07, 6.45) is 0.882. The molecule has 1 saturated heterocycles. The molecule has 1 N–H and O–H groups in total. The van der Waals surface area contributed by atoms with Gasteiger partial charge in [-0.15, -0.1) is 0 Å². The highest BCUT2D eigenvalue weighted by atomic mass is 16.5. The summed E-state index contributed by atoms with van der Waals surface area (Å²) >= 11 is 0. The molecule has 6 nitrogen and oxygen atoms in total. The molecule has 80 valence electrons. The van der Waals surface area contributed by atoms with Crippen LogP contribution < -0.4 is 5.32 Å². The minimum atomic E-state index is -0.0796. The van der Waals surface area contributed by atoms with E-state index in [9.17, 15) is 9.59 Å². The predicted molar refractivity (Wildman–Crippen MR) is 50.3 cm³/mol. The lowest BCUT2D eigenvalue weighted by Gasteiger charge is -2.30. The molecule has 0 radical (unpaired) electrons. The van der Waals surface area contributed by atoms with E-state index in [1.54, 1.807) is 11.0 Å². The summed E-state index contributed by atoms with van der Waals surface area (Å²) < 4.78 is 5.12. The van der Waals surface area contributed by atoms with Crippen LogP contribution in [0.1, 0.15) is 0 Å². The summed E-state index contributed by atoms with van der Waals surface area (Å²) in [7, 11) is 0. The first kappa shape index (κ1) is 11.2. The van der Waals surface area contributed by atoms with Crippen molar-refractivity contribution in [3.8, 4) is 6.07 Å². The number of aldehydes is 1. The van der Waals surface area contributed by atoms with Gasteiger partial charge in [0, 0.05) is 13.1 Å². The molecule has 0 aliphatic carbocycles. The number of nitrogens with one attached hydrogen (secondary N) is 1. The van der Waals surface area contributed by atoms with Gasteiger partial charge in [0.15, 0.2) is 6.29 Å². The number of carbonyl (C=O) groups excluding carboxylic acids is 2.